The predicted molar refractivity (Wildman–Crippen MR) is 89.2 cm³/mol. The molecule has 1 saturated heterocycles. The zero-order valence-corrected chi connectivity index (χ0v) is 14.0. The van der Waals surface area contributed by atoms with Crippen molar-refractivity contribution in [3.8, 4) is 11.8 Å². The lowest BCUT2D eigenvalue weighted by Gasteiger charge is -2.32. The van der Waals surface area contributed by atoms with E-state index >= 15 is 0 Å². The summed E-state index contributed by atoms with van der Waals surface area (Å²) >= 11 is 0. The van der Waals surface area contributed by atoms with Gasteiger partial charge >= 0.3 is 6.01 Å². The standard InChI is InChI=1S/C18H20FN3O3/c1-2-24-16-8-4-3-7-15(16)17(23)22-9-5-6-14(12-22)25-18-20-10-13(19)11-21-18/h3-4,7-8,10-11,14H,2,5-6,9,12H2,1H3/t14-/m0/s1. The number of piperidine rings is 1. The van der Waals surface area contributed by atoms with Crippen molar-refractivity contribution in [1.82, 2.24) is 14.9 Å². The number of halogens is 1. The van der Waals surface area contributed by atoms with Crippen molar-refractivity contribution in [3.63, 3.8) is 0 Å². The molecule has 0 aliphatic carbocycles. The first-order valence-corrected chi connectivity index (χ1v) is 8.32. The minimum Gasteiger partial charge on any atom is -0.493 e. The van der Waals surface area contributed by atoms with Gasteiger partial charge in [0.25, 0.3) is 5.91 Å². The highest BCUT2D eigenvalue weighted by Gasteiger charge is 2.27. The van der Waals surface area contributed by atoms with Crippen LogP contribution in [0.4, 0.5) is 4.39 Å². The number of carbonyl (C=O) groups excluding carboxylic acids is 1. The van der Waals surface area contributed by atoms with Crippen LogP contribution < -0.4 is 9.47 Å². The van der Waals surface area contributed by atoms with Crippen molar-refractivity contribution in [2.24, 2.45) is 0 Å². The summed E-state index contributed by atoms with van der Waals surface area (Å²) in [6, 6.07) is 7.34. The van der Waals surface area contributed by atoms with E-state index in [9.17, 15) is 9.18 Å². The van der Waals surface area contributed by atoms with Gasteiger partial charge in [-0.2, -0.15) is 0 Å². The molecule has 0 spiro atoms. The van der Waals surface area contributed by atoms with Gasteiger partial charge in [-0.25, -0.2) is 14.4 Å². The first-order chi connectivity index (χ1) is 12.2. The van der Waals surface area contributed by atoms with Crippen LogP contribution in [0.1, 0.15) is 30.1 Å². The molecule has 132 valence electrons. The number of carbonyl (C=O) groups is 1. The van der Waals surface area contributed by atoms with Crippen molar-refractivity contribution in [2.45, 2.75) is 25.9 Å². The first kappa shape index (κ1) is 17.1. The van der Waals surface area contributed by atoms with Gasteiger partial charge in [0.15, 0.2) is 5.82 Å². The number of aromatic nitrogens is 2. The molecule has 2 heterocycles. The third-order valence-corrected chi connectivity index (χ3v) is 3.95. The molecule has 0 radical (unpaired) electrons. The molecule has 2 aromatic rings. The second-order valence-corrected chi connectivity index (χ2v) is 5.75. The third kappa shape index (κ3) is 4.23. The highest BCUT2D eigenvalue weighted by atomic mass is 19.1. The van der Waals surface area contributed by atoms with E-state index in [1.165, 1.54) is 0 Å². The lowest BCUT2D eigenvalue weighted by molar-refractivity contribution is 0.0512. The Morgan fingerprint density at radius 3 is 2.84 bits per heavy atom. The van der Waals surface area contributed by atoms with Crippen LogP contribution in [0.15, 0.2) is 36.7 Å². The first-order valence-electron chi connectivity index (χ1n) is 8.32. The van der Waals surface area contributed by atoms with Gasteiger partial charge in [0.2, 0.25) is 0 Å². The second kappa shape index (κ2) is 7.92. The second-order valence-electron chi connectivity index (χ2n) is 5.75. The molecular weight excluding hydrogens is 325 g/mol. The Balaban J connectivity index is 1.68. The van der Waals surface area contributed by atoms with Crippen LogP contribution in [-0.4, -0.2) is 46.6 Å². The highest BCUT2D eigenvalue weighted by molar-refractivity contribution is 5.97. The SMILES string of the molecule is CCOc1ccccc1C(=O)N1CCC[C@H](Oc2ncc(F)cn2)C1. The Bertz CT molecular complexity index is 724. The molecule has 7 heteroatoms. The molecular formula is C18H20FN3O3. The van der Waals surface area contributed by atoms with Crippen molar-refractivity contribution in [2.75, 3.05) is 19.7 Å². The number of rotatable bonds is 5. The molecule has 1 aromatic carbocycles. The van der Waals surface area contributed by atoms with Gasteiger partial charge in [0.05, 0.1) is 31.1 Å². The van der Waals surface area contributed by atoms with E-state index < -0.39 is 5.82 Å². The lowest BCUT2D eigenvalue weighted by atomic mass is 10.1. The zero-order valence-electron chi connectivity index (χ0n) is 14.0. The molecule has 25 heavy (non-hydrogen) atoms. The van der Waals surface area contributed by atoms with Crippen molar-refractivity contribution in [3.05, 3.63) is 48.0 Å². The maximum atomic E-state index is 12.9. The minimum absolute atomic E-state index is 0.0858. The Hall–Kier alpha value is -2.70. The summed E-state index contributed by atoms with van der Waals surface area (Å²) < 4.78 is 24.1. The highest BCUT2D eigenvalue weighted by Crippen LogP contribution is 2.23. The summed E-state index contributed by atoms with van der Waals surface area (Å²) in [5.41, 5.74) is 0.544. The summed E-state index contributed by atoms with van der Waals surface area (Å²) in [6.07, 6.45) is 3.51. The fraction of sp³-hybridized carbons (Fsp3) is 0.389. The summed E-state index contributed by atoms with van der Waals surface area (Å²) in [5.74, 6) is -0.0161. The van der Waals surface area contributed by atoms with E-state index in [0.29, 0.717) is 31.0 Å². The van der Waals surface area contributed by atoms with Crippen molar-refractivity contribution < 1.29 is 18.7 Å². The van der Waals surface area contributed by atoms with Crippen LogP contribution >= 0.6 is 0 Å². The number of likely N-dealkylation sites (tertiary alicyclic amines) is 1. The van der Waals surface area contributed by atoms with E-state index in [2.05, 4.69) is 9.97 Å². The molecule has 1 atom stereocenters. The normalized spacial score (nSPS) is 17.2. The molecule has 3 rings (SSSR count). The molecule has 0 N–H and O–H groups in total. The maximum absolute atomic E-state index is 12.9. The molecule has 1 amide bonds. The van der Waals surface area contributed by atoms with Crippen molar-refractivity contribution >= 4 is 5.91 Å². The Labute approximate surface area is 145 Å². The van der Waals surface area contributed by atoms with Gasteiger partial charge in [0, 0.05) is 6.54 Å². The van der Waals surface area contributed by atoms with Gasteiger partial charge in [0.1, 0.15) is 11.9 Å². The van der Waals surface area contributed by atoms with E-state index in [1.54, 1.807) is 17.0 Å². The van der Waals surface area contributed by atoms with E-state index in [0.717, 1.165) is 25.2 Å². The van der Waals surface area contributed by atoms with Crippen LogP contribution in [0.2, 0.25) is 0 Å². The number of para-hydroxylation sites is 1. The van der Waals surface area contributed by atoms with E-state index in [-0.39, 0.29) is 18.0 Å². The van der Waals surface area contributed by atoms with Crippen LogP contribution in [0.3, 0.4) is 0 Å². The summed E-state index contributed by atoms with van der Waals surface area (Å²) in [7, 11) is 0. The van der Waals surface area contributed by atoms with E-state index in [4.69, 9.17) is 9.47 Å². The van der Waals surface area contributed by atoms with Gasteiger partial charge < -0.3 is 14.4 Å². The molecule has 6 nitrogen and oxygen atoms in total. The average Bonchev–Trinajstić information content (AvgIpc) is 2.64. The van der Waals surface area contributed by atoms with Crippen LogP contribution in [0.25, 0.3) is 0 Å². The Kier molecular flexibility index (Phi) is 5.42. The molecule has 0 saturated carbocycles. The van der Waals surface area contributed by atoms with E-state index in [1.807, 2.05) is 19.1 Å². The van der Waals surface area contributed by atoms with Gasteiger partial charge in [-0.15, -0.1) is 0 Å². The third-order valence-electron chi connectivity index (χ3n) is 3.95. The Morgan fingerprint density at radius 1 is 1.32 bits per heavy atom. The number of benzene rings is 1. The fourth-order valence-corrected chi connectivity index (χ4v) is 2.82. The lowest BCUT2D eigenvalue weighted by Crippen LogP contribution is -2.44. The minimum atomic E-state index is -0.514. The van der Waals surface area contributed by atoms with Crippen molar-refractivity contribution in [1.29, 1.82) is 0 Å². The van der Waals surface area contributed by atoms with Gasteiger partial charge in [-0.1, -0.05) is 12.1 Å². The average molecular weight is 345 g/mol. The fourth-order valence-electron chi connectivity index (χ4n) is 2.82. The maximum Gasteiger partial charge on any atom is 0.316 e. The quantitative estimate of drug-likeness (QED) is 0.834. The predicted octanol–water partition coefficient (Wildman–Crippen LogP) is 2.70. The molecule has 0 bridgehead atoms. The smallest absolute Gasteiger partial charge is 0.316 e. The van der Waals surface area contributed by atoms with Gasteiger partial charge in [-0.05, 0) is 31.9 Å². The molecule has 1 aliphatic heterocycles. The Morgan fingerprint density at radius 2 is 2.08 bits per heavy atom. The number of ether oxygens (including phenoxy) is 2. The number of amides is 1. The monoisotopic (exact) mass is 345 g/mol. The zero-order chi connectivity index (χ0) is 17.6. The molecule has 1 fully saturated rings. The molecule has 0 unspecified atom stereocenters. The summed E-state index contributed by atoms with van der Waals surface area (Å²) in [5, 5.41) is 0. The van der Waals surface area contributed by atoms with Crippen LogP contribution in [0, 0.1) is 5.82 Å². The molecule has 1 aromatic heterocycles. The molecule has 1 aliphatic rings. The summed E-state index contributed by atoms with van der Waals surface area (Å²) in [6.45, 7) is 3.47. The number of nitrogens with zero attached hydrogens (tertiary/aromatic N) is 3. The topological polar surface area (TPSA) is 64.5 Å². The largest absolute Gasteiger partial charge is 0.493 e. The van der Waals surface area contributed by atoms with Crippen LogP contribution in [-0.2, 0) is 0 Å². The number of hydrogen-bond donors (Lipinski definition) is 0. The van der Waals surface area contributed by atoms with Crippen LogP contribution in [0.5, 0.6) is 11.8 Å². The number of hydrogen-bond acceptors (Lipinski definition) is 5. The van der Waals surface area contributed by atoms with Gasteiger partial charge in [-0.3, -0.25) is 4.79 Å². The summed E-state index contributed by atoms with van der Waals surface area (Å²) in [4.78, 5) is 22.2.